The number of nitrogens with one attached hydrogen (secondary N) is 1. The zero-order valence-electron chi connectivity index (χ0n) is 9.78. The summed E-state index contributed by atoms with van der Waals surface area (Å²) in [7, 11) is 0. The normalized spacial score (nSPS) is 10.8. The number of pyridine rings is 1. The standard InChI is InChI=1S/C11H13ClN2O3/c1-11(2,3)17-10(16)14-8-4-9(12)13-5-7(8)6-15/h4-6H,1-3H3,(H,13,14,16). The van der Waals surface area contributed by atoms with Gasteiger partial charge in [-0.2, -0.15) is 0 Å². The second-order valence-electron chi connectivity index (χ2n) is 4.34. The minimum absolute atomic E-state index is 0.182. The first-order valence-electron chi connectivity index (χ1n) is 4.92. The summed E-state index contributed by atoms with van der Waals surface area (Å²) in [5.41, 5.74) is -0.100. The predicted molar refractivity (Wildman–Crippen MR) is 64.5 cm³/mol. The number of carbonyl (C=O) groups excluding carboxylic acids is 2. The molecule has 0 saturated carbocycles. The number of hydrogen-bond donors (Lipinski definition) is 1. The minimum atomic E-state index is -0.650. The van der Waals surface area contributed by atoms with E-state index >= 15 is 0 Å². The molecule has 0 fully saturated rings. The number of aldehydes is 1. The van der Waals surface area contributed by atoms with Crippen molar-refractivity contribution in [3.63, 3.8) is 0 Å². The lowest BCUT2D eigenvalue weighted by Crippen LogP contribution is -2.27. The maximum absolute atomic E-state index is 11.5. The smallest absolute Gasteiger partial charge is 0.412 e. The van der Waals surface area contributed by atoms with E-state index in [4.69, 9.17) is 16.3 Å². The van der Waals surface area contributed by atoms with Gasteiger partial charge in [0.2, 0.25) is 0 Å². The summed E-state index contributed by atoms with van der Waals surface area (Å²) in [5.74, 6) is 0. The predicted octanol–water partition coefficient (Wildman–Crippen LogP) is 2.89. The van der Waals surface area contributed by atoms with Crippen LogP contribution in [0.1, 0.15) is 31.1 Å². The van der Waals surface area contributed by atoms with E-state index in [1.165, 1.54) is 12.3 Å². The summed E-state index contributed by atoms with van der Waals surface area (Å²) >= 11 is 5.67. The second-order valence-corrected chi connectivity index (χ2v) is 4.73. The molecular weight excluding hydrogens is 244 g/mol. The summed E-state index contributed by atoms with van der Waals surface area (Å²) in [5, 5.41) is 2.62. The number of anilines is 1. The lowest BCUT2D eigenvalue weighted by molar-refractivity contribution is 0.0636. The van der Waals surface area contributed by atoms with Gasteiger partial charge in [0.1, 0.15) is 10.8 Å². The van der Waals surface area contributed by atoms with Gasteiger partial charge < -0.3 is 4.74 Å². The van der Waals surface area contributed by atoms with Crippen LogP contribution in [0.25, 0.3) is 0 Å². The molecule has 92 valence electrons. The first kappa shape index (κ1) is 13.4. The summed E-state index contributed by atoms with van der Waals surface area (Å²) in [6.45, 7) is 5.23. The van der Waals surface area contributed by atoms with Crippen LogP contribution in [0.2, 0.25) is 5.15 Å². The van der Waals surface area contributed by atoms with E-state index < -0.39 is 11.7 Å². The number of halogens is 1. The maximum Gasteiger partial charge on any atom is 0.412 e. The second kappa shape index (κ2) is 5.14. The highest BCUT2D eigenvalue weighted by atomic mass is 35.5. The highest BCUT2D eigenvalue weighted by Crippen LogP contribution is 2.18. The number of carbonyl (C=O) groups is 2. The van der Waals surface area contributed by atoms with Gasteiger partial charge >= 0.3 is 6.09 Å². The van der Waals surface area contributed by atoms with Gasteiger partial charge in [0.25, 0.3) is 0 Å². The van der Waals surface area contributed by atoms with Crippen molar-refractivity contribution in [2.24, 2.45) is 0 Å². The van der Waals surface area contributed by atoms with Crippen molar-refractivity contribution in [3.05, 3.63) is 23.0 Å². The number of hydrogen-bond acceptors (Lipinski definition) is 4. The molecule has 0 bridgehead atoms. The number of nitrogens with zero attached hydrogens (tertiary/aromatic N) is 1. The van der Waals surface area contributed by atoms with Crippen LogP contribution in [0.3, 0.4) is 0 Å². The quantitative estimate of drug-likeness (QED) is 0.653. The van der Waals surface area contributed by atoms with Crippen molar-refractivity contribution >= 4 is 29.7 Å². The molecule has 1 amide bonds. The fourth-order valence-electron chi connectivity index (χ4n) is 1.06. The zero-order chi connectivity index (χ0) is 13.1. The maximum atomic E-state index is 11.5. The van der Waals surface area contributed by atoms with Crippen molar-refractivity contribution in [2.75, 3.05) is 5.32 Å². The van der Waals surface area contributed by atoms with E-state index in [9.17, 15) is 9.59 Å². The Morgan fingerprint density at radius 3 is 2.71 bits per heavy atom. The van der Waals surface area contributed by atoms with Gasteiger partial charge in [-0.15, -0.1) is 0 Å². The number of aromatic nitrogens is 1. The van der Waals surface area contributed by atoms with Crippen LogP contribution in [0, 0.1) is 0 Å². The van der Waals surface area contributed by atoms with Crippen LogP contribution in [0.5, 0.6) is 0 Å². The Bertz CT molecular complexity index is 441. The van der Waals surface area contributed by atoms with Gasteiger partial charge in [0, 0.05) is 6.20 Å². The van der Waals surface area contributed by atoms with E-state index in [1.807, 2.05) is 0 Å². The molecule has 1 aromatic rings. The summed E-state index contributed by atoms with van der Waals surface area (Å²) in [4.78, 5) is 26.0. The molecule has 6 heteroatoms. The van der Waals surface area contributed by atoms with Gasteiger partial charge in [0.15, 0.2) is 6.29 Å². The van der Waals surface area contributed by atoms with Crippen LogP contribution in [0.15, 0.2) is 12.3 Å². The van der Waals surface area contributed by atoms with E-state index in [1.54, 1.807) is 20.8 Å². The third-order valence-corrected chi connectivity index (χ3v) is 1.87. The highest BCUT2D eigenvalue weighted by molar-refractivity contribution is 6.29. The van der Waals surface area contributed by atoms with E-state index in [2.05, 4.69) is 10.3 Å². The van der Waals surface area contributed by atoms with Crippen LogP contribution < -0.4 is 5.32 Å². The molecule has 1 heterocycles. The van der Waals surface area contributed by atoms with Crippen molar-refractivity contribution in [1.82, 2.24) is 4.98 Å². The third-order valence-electron chi connectivity index (χ3n) is 1.66. The Morgan fingerprint density at radius 1 is 1.53 bits per heavy atom. The molecule has 0 aliphatic rings. The molecule has 1 rings (SSSR count). The fraction of sp³-hybridized carbons (Fsp3) is 0.364. The summed E-state index contributed by atoms with van der Waals surface area (Å²) in [6, 6.07) is 1.38. The number of ether oxygens (including phenoxy) is 1. The summed E-state index contributed by atoms with van der Waals surface area (Å²) < 4.78 is 5.05. The Balaban J connectivity index is 2.84. The van der Waals surface area contributed by atoms with E-state index in [0.717, 1.165) is 0 Å². The van der Waals surface area contributed by atoms with Crippen LogP contribution in [0.4, 0.5) is 10.5 Å². The topological polar surface area (TPSA) is 68.3 Å². The highest BCUT2D eigenvalue weighted by Gasteiger charge is 2.17. The Kier molecular flexibility index (Phi) is 4.07. The molecular formula is C11H13ClN2O3. The molecule has 1 aromatic heterocycles. The van der Waals surface area contributed by atoms with Crippen LogP contribution >= 0.6 is 11.6 Å². The van der Waals surface area contributed by atoms with Crippen molar-refractivity contribution in [1.29, 1.82) is 0 Å². The lowest BCUT2D eigenvalue weighted by atomic mass is 10.2. The molecule has 0 aliphatic heterocycles. The average molecular weight is 257 g/mol. The molecule has 0 saturated heterocycles. The Hall–Kier alpha value is -1.62. The molecule has 0 radical (unpaired) electrons. The first-order valence-corrected chi connectivity index (χ1v) is 5.30. The largest absolute Gasteiger partial charge is 0.444 e. The van der Waals surface area contributed by atoms with Gasteiger partial charge in [-0.25, -0.2) is 9.78 Å². The molecule has 0 aliphatic carbocycles. The molecule has 0 spiro atoms. The van der Waals surface area contributed by atoms with E-state index in [-0.39, 0.29) is 16.4 Å². The molecule has 17 heavy (non-hydrogen) atoms. The Morgan fingerprint density at radius 2 is 2.18 bits per heavy atom. The SMILES string of the molecule is CC(C)(C)OC(=O)Nc1cc(Cl)ncc1C=O. The van der Waals surface area contributed by atoms with Crippen molar-refractivity contribution in [2.45, 2.75) is 26.4 Å². The van der Waals surface area contributed by atoms with Gasteiger partial charge in [-0.1, -0.05) is 11.6 Å². The molecule has 5 nitrogen and oxygen atoms in total. The molecule has 0 atom stereocenters. The monoisotopic (exact) mass is 256 g/mol. The van der Waals surface area contributed by atoms with Crippen molar-refractivity contribution in [3.8, 4) is 0 Å². The average Bonchev–Trinajstić information content (AvgIpc) is 2.14. The minimum Gasteiger partial charge on any atom is -0.444 e. The third kappa shape index (κ3) is 4.40. The molecule has 0 aromatic carbocycles. The fourth-order valence-corrected chi connectivity index (χ4v) is 1.21. The molecule has 1 N–H and O–H groups in total. The van der Waals surface area contributed by atoms with Gasteiger partial charge in [-0.3, -0.25) is 10.1 Å². The van der Waals surface area contributed by atoms with Gasteiger partial charge in [0.05, 0.1) is 11.3 Å². The van der Waals surface area contributed by atoms with Crippen LogP contribution in [-0.2, 0) is 4.74 Å². The van der Waals surface area contributed by atoms with E-state index in [0.29, 0.717) is 6.29 Å². The van der Waals surface area contributed by atoms with Crippen LogP contribution in [-0.4, -0.2) is 23.0 Å². The lowest BCUT2D eigenvalue weighted by Gasteiger charge is -2.20. The van der Waals surface area contributed by atoms with Gasteiger partial charge in [-0.05, 0) is 26.8 Å². The Labute approximate surface area is 104 Å². The van der Waals surface area contributed by atoms with Crippen molar-refractivity contribution < 1.29 is 14.3 Å². The molecule has 0 unspecified atom stereocenters. The number of rotatable bonds is 2. The summed E-state index contributed by atoms with van der Waals surface area (Å²) in [6.07, 6.45) is 1.21. The number of amides is 1. The first-order chi connectivity index (χ1) is 7.81. The zero-order valence-corrected chi connectivity index (χ0v) is 10.5.